The van der Waals surface area contributed by atoms with E-state index in [4.69, 9.17) is 4.98 Å². The molecule has 4 rings (SSSR count). The summed E-state index contributed by atoms with van der Waals surface area (Å²) in [5, 5.41) is 2.65. The van der Waals surface area contributed by atoms with Gasteiger partial charge in [-0.2, -0.15) is 0 Å². The van der Waals surface area contributed by atoms with E-state index in [0.29, 0.717) is 44.0 Å². The van der Waals surface area contributed by atoms with E-state index in [1.165, 1.54) is 35.6 Å². The first-order valence-corrected chi connectivity index (χ1v) is 14.3. The summed E-state index contributed by atoms with van der Waals surface area (Å²) in [5.74, 6) is -0.581. The summed E-state index contributed by atoms with van der Waals surface area (Å²) < 4.78 is 15.4. The highest BCUT2D eigenvalue weighted by molar-refractivity contribution is 7.09. The Morgan fingerprint density at radius 2 is 1.60 bits per heavy atom. The van der Waals surface area contributed by atoms with E-state index in [1.54, 1.807) is 4.90 Å². The second-order valence-corrected chi connectivity index (χ2v) is 10.9. The highest BCUT2D eigenvalue weighted by Gasteiger charge is 2.21. The number of benzene rings is 2. The predicted octanol–water partition coefficient (Wildman–Crippen LogP) is 5.39. The zero-order chi connectivity index (χ0) is 28.5. The van der Waals surface area contributed by atoms with Crippen molar-refractivity contribution in [2.45, 2.75) is 33.0 Å². The van der Waals surface area contributed by atoms with Crippen LogP contribution in [0.15, 0.2) is 78.3 Å². The molecule has 0 aliphatic carbocycles. The molecule has 0 fully saturated rings. The van der Waals surface area contributed by atoms with Crippen LogP contribution in [0.25, 0.3) is 0 Å². The zero-order valence-corrected chi connectivity index (χ0v) is 24.1. The number of rotatable bonds is 13. The van der Waals surface area contributed by atoms with Crippen LogP contribution in [0.3, 0.4) is 0 Å². The largest absolute Gasteiger partial charge is 0.343 e. The maximum absolute atomic E-state index is 13.5. The van der Waals surface area contributed by atoms with Gasteiger partial charge in [0, 0.05) is 49.0 Å². The topological polar surface area (TPSA) is 61.7 Å². The molecule has 2 aromatic carbocycles. The van der Waals surface area contributed by atoms with Crippen molar-refractivity contribution >= 4 is 23.2 Å². The van der Waals surface area contributed by atoms with Gasteiger partial charge in [0.05, 0.1) is 13.1 Å². The van der Waals surface area contributed by atoms with E-state index in [0.717, 1.165) is 29.2 Å². The van der Waals surface area contributed by atoms with Gasteiger partial charge >= 0.3 is 0 Å². The number of halogens is 1. The van der Waals surface area contributed by atoms with E-state index in [9.17, 15) is 14.0 Å². The van der Waals surface area contributed by atoms with Gasteiger partial charge in [-0.25, -0.2) is 9.37 Å². The standard InChI is InChI=1S/C31H36FN5O2S/c1-4-16-36(30(38)25-12-14-26(32)15-13-25)21-27-11-8-17-35(27)22-29-33-28(23-40-29)31(39)37(19-18-34(2)3)20-24-9-6-5-7-10-24/h5-15,17,23H,4,16,18-22H2,1-3H3. The van der Waals surface area contributed by atoms with E-state index in [1.807, 2.05) is 80.0 Å². The summed E-state index contributed by atoms with van der Waals surface area (Å²) in [7, 11) is 3.99. The van der Waals surface area contributed by atoms with Crippen molar-refractivity contribution in [2.75, 3.05) is 33.7 Å². The lowest BCUT2D eigenvalue weighted by Gasteiger charge is -2.24. The van der Waals surface area contributed by atoms with Crippen LogP contribution in [-0.2, 0) is 19.6 Å². The molecule has 4 aromatic rings. The lowest BCUT2D eigenvalue weighted by atomic mass is 10.2. The molecule has 0 aliphatic heterocycles. The van der Waals surface area contributed by atoms with Crippen LogP contribution in [0.4, 0.5) is 4.39 Å². The van der Waals surface area contributed by atoms with Gasteiger partial charge in [-0.3, -0.25) is 9.59 Å². The third-order valence-electron chi connectivity index (χ3n) is 6.55. The summed E-state index contributed by atoms with van der Waals surface area (Å²) in [5.41, 5.74) is 2.95. The fourth-order valence-corrected chi connectivity index (χ4v) is 5.17. The molecule has 0 radical (unpaired) electrons. The van der Waals surface area contributed by atoms with Crippen LogP contribution in [0.2, 0.25) is 0 Å². The van der Waals surface area contributed by atoms with Crippen molar-refractivity contribution in [3.8, 4) is 0 Å². The van der Waals surface area contributed by atoms with Crippen LogP contribution >= 0.6 is 11.3 Å². The second kappa shape index (κ2) is 14.0. The Morgan fingerprint density at radius 1 is 0.875 bits per heavy atom. The quantitative estimate of drug-likeness (QED) is 0.220. The van der Waals surface area contributed by atoms with E-state index < -0.39 is 0 Å². The maximum atomic E-state index is 13.5. The molecular weight excluding hydrogens is 525 g/mol. The molecule has 0 spiro atoms. The molecule has 9 heteroatoms. The average Bonchev–Trinajstić information content (AvgIpc) is 3.60. The smallest absolute Gasteiger partial charge is 0.273 e. The van der Waals surface area contributed by atoms with Gasteiger partial charge in [0.2, 0.25) is 0 Å². The molecule has 210 valence electrons. The third-order valence-corrected chi connectivity index (χ3v) is 7.38. The van der Waals surface area contributed by atoms with Gasteiger partial charge in [-0.05, 0) is 62.5 Å². The van der Waals surface area contributed by atoms with Gasteiger partial charge in [0.15, 0.2) is 0 Å². The number of thiazole rings is 1. The minimum atomic E-state index is -0.366. The number of likely N-dealkylation sites (N-methyl/N-ethyl adjacent to an activating group) is 1. The summed E-state index contributed by atoms with van der Waals surface area (Å²) in [4.78, 5) is 37.0. The van der Waals surface area contributed by atoms with Crippen LogP contribution in [0.5, 0.6) is 0 Å². The summed E-state index contributed by atoms with van der Waals surface area (Å²) in [6.07, 6.45) is 2.77. The molecule has 0 atom stereocenters. The van der Waals surface area contributed by atoms with Gasteiger partial charge in [0.1, 0.15) is 16.5 Å². The summed E-state index contributed by atoms with van der Waals surface area (Å²) >= 11 is 1.46. The van der Waals surface area contributed by atoms with Gasteiger partial charge in [-0.15, -0.1) is 11.3 Å². The highest BCUT2D eigenvalue weighted by Crippen LogP contribution is 2.18. The molecule has 0 N–H and O–H groups in total. The first kappa shape index (κ1) is 29.2. The fourth-order valence-electron chi connectivity index (χ4n) is 4.41. The molecule has 40 heavy (non-hydrogen) atoms. The van der Waals surface area contributed by atoms with Crippen molar-refractivity contribution in [1.82, 2.24) is 24.3 Å². The number of hydrogen-bond donors (Lipinski definition) is 0. The zero-order valence-electron chi connectivity index (χ0n) is 23.3. The second-order valence-electron chi connectivity index (χ2n) is 10.0. The number of nitrogens with zero attached hydrogens (tertiary/aromatic N) is 5. The summed E-state index contributed by atoms with van der Waals surface area (Å²) in [6, 6.07) is 19.6. The maximum Gasteiger partial charge on any atom is 0.273 e. The van der Waals surface area contributed by atoms with Crippen LogP contribution in [0.1, 0.15) is 50.5 Å². The van der Waals surface area contributed by atoms with E-state index >= 15 is 0 Å². The Bertz CT molecular complexity index is 1380. The predicted molar refractivity (Wildman–Crippen MR) is 157 cm³/mol. The lowest BCUT2D eigenvalue weighted by Crippen LogP contribution is -2.36. The Labute approximate surface area is 239 Å². The molecule has 2 amide bonds. The minimum absolute atomic E-state index is 0.0834. The van der Waals surface area contributed by atoms with Crippen molar-refractivity contribution in [2.24, 2.45) is 0 Å². The Hall–Kier alpha value is -3.82. The molecule has 0 bridgehead atoms. The minimum Gasteiger partial charge on any atom is -0.343 e. The van der Waals surface area contributed by atoms with Crippen LogP contribution in [0, 0.1) is 5.82 Å². The lowest BCUT2D eigenvalue weighted by molar-refractivity contribution is 0.0723. The van der Waals surface area contributed by atoms with Gasteiger partial charge < -0.3 is 19.3 Å². The van der Waals surface area contributed by atoms with E-state index in [-0.39, 0.29) is 17.6 Å². The molecule has 2 aromatic heterocycles. The molecule has 0 saturated carbocycles. The van der Waals surface area contributed by atoms with Crippen molar-refractivity contribution in [1.29, 1.82) is 0 Å². The SMILES string of the molecule is CCCN(Cc1cccn1Cc1nc(C(=O)N(CCN(C)C)Cc2ccccc2)cs1)C(=O)c1ccc(F)cc1. The third kappa shape index (κ3) is 7.86. The Morgan fingerprint density at radius 3 is 2.30 bits per heavy atom. The Kier molecular flexibility index (Phi) is 10.2. The van der Waals surface area contributed by atoms with Crippen molar-refractivity contribution in [3.05, 3.63) is 112 Å². The van der Waals surface area contributed by atoms with Crippen molar-refractivity contribution < 1.29 is 14.0 Å². The number of amides is 2. The van der Waals surface area contributed by atoms with Gasteiger partial charge in [-0.1, -0.05) is 37.3 Å². The van der Waals surface area contributed by atoms with Crippen molar-refractivity contribution in [3.63, 3.8) is 0 Å². The fraction of sp³-hybridized carbons (Fsp3) is 0.323. The summed E-state index contributed by atoms with van der Waals surface area (Å²) in [6.45, 7) is 5.42. The molecule has 0 saturated heterocycles. The van der Waals surface area contributed by atoms with Gasteiger partial charge in [0.25, 0.3) is 11.8 Å². The first-order chi connectivity index (χ1) is 19.3. The molecular formula is C31H36FN5O2S. The monoisotopic (exact) mass is 561 g/mol. The van der Waals surface area contributed by atoms with E-state index in [2.05, 4.69) is 9.47 Å². The first-order valence-electron chi connectivity index (χ1n) is 13.4. The van der Waals surface area contributed by atoms with Crippen LogP contribution < -0.4 is 0 Å². The Balaban J connectivity index is 1.46. The average molecular weight is 562 g/mol. The molecule has 2 heterocycles. The molecule has 7 nitrogen and oxygen atoms in total. The van der Waals surface area contributed by atoms with Crippen LogP contribution in [-0.4, -0.2) is 69.8 Å². The number of hydrogen-bond acceptors (Lipinski definition) is 5. The highest BCUT2D eigenvalue weighted by atomic mass is 32.1. The normalized spacial score (nSPS) is 11.1. The number of aromatic nitrogens is 2. The molecule has 0 unspecified atom stereocenters. The number of carbonyl (C=O) groups excluding carboxylic acids is 2. The molecule has 0 aliphatic rings. The number of carbonyl (C=O) groups is 2.